The van der Waals surface area contributed by atoms with E-state index < -0.39 is 0 Å². The van der Waals surface area contributed by atoms with Gasteiger partial charge in [0.1, 0.15) is 16.4 Å². The quantitative estimate of drug-likeness (QED) is 0.669. The third-order valence-electron chi connectivity index (χ3n) is 5.54. The normalized spacial score (nSPS) is 18.0. The van der Waals surface area contributed by atoms with Crippen molar-refractivity contribution in [3.8, 4) is 5.75 Å². The molecule has 6 nitrogen and oxygen atoms in total. The number of thiazole rings is 1. The van der Waals surface area contributed by atoms with Crippen molar-refractivity contribution in [1.82, 2.24) is 15.2 Å². The van der Waals surface area contributed by atoms with Gasteiger partial charge in [0.05, 0.1) is 23.5 Å². The summed E-state index contributed by atoms with van der Waals surface area (Å²) in [6, 6.07) is 16.8. The standard InChI is InChI=1S/C23H25N5OS/c1-15-25-21-22(26-18-8-4-5-9-19(18)27-23(21)30-15)28-12-11-24-17(14-28)13-16-7-3-6-10-20(16)29-2/h3-10,17,24,27H,11-14H2,1-2H3. The van der Waals surface area contributed by atoms with Crippen LogP contribution in [0.25, 0.3) is 0 Å². The van der Waals surface area contributed by atoms with E-state index in [0.717, 1.165) is 64.7 Å². The average molecular weight is 420 g/mol. The molecule has 0 radical (unpaired) electrons. The van der Waals surface area contributed by atoms with Crippen LogP contribution in [0.1, 0.15) is 16.3 Å². The first kappa shape index (κ1) is 19.1. The summed E-state index contributed by atoms with van der Waals surface area (Å²) in [5.74, 6) is 1.90. The maximum absolute atomic E-state index is 5.55. The second kappa shape index (κ2) is 8.08. The molecule has 0 spiro atoms. The van der Waals surface area contributed by atoms with Gasteiger partial charge in [-0.15, -0.1) is 11.3 Å². The number of anilines is 2. The Bertz CT molecular complexity index is 1090. The van der Waals surface area contributed by atoms with Crippen molar-refractivity contribution in [2.24, 2.45) is 4.99 Å². The van der Waals surface area contributed by atoms with Crippen molar-refractivity contribution in [1.29, 1.82) is 0 Å². The van der Waals surface area contributed by atoms with Gasteiger partial charge in [0, 0.05) is 25.7 Å². The lowest BCUT2D eigenvalue weighted by Gasteiger charge is -2.35. The summed E-state index contributed by atoms with van der Waals surface area (Å²) in [7, 11) is 1.73. The van der Waals surface area contributed by atoms with E-state index in [2.05, 4.69) is 39.8 Å². The molecule has 1 saturated heterocycles. The van der Waals surface area contributed by atoms with Gasteiger partial charge in [0.2, 0.25) is 0 Å². The van der Waals surface area contributed by atoms with Gasteiger partial charge in [0.25, 0.3) is 0 Å². The van der Waals surface area contributed by atoms with E-state index in [1.54, 1.807) is 18.4 Å². The van der Waals surface area contributed by atoms with Crippen molar-refractivity contribution in [3.63, 3.8) is 0 Å². The fourth-order valence-electron chi connectivity index (χ4n) is 4.14. The van der Waals surface area contributed by atoms with Gasteiger partial charge in [-0.25, -0.2) is 9.98 Å². The van der Waals surface area contributed by atoms with Gasteiger partial charge in [0.15, 0.2) is 5.84 Å². The molecule has 1 aromatic heterocycles. The first-order valence-electron chi connectivity index (χ1n) is 10.2. The van der Waals surface area contributed by atoms with E-state index in [-0.39, 0.29) is 0 Å². The van der Waals surface area contributed by atoms with E-state index in [1.165, 1.54) is 5.56 Å². The molecule has 0 amide bonds. The number of fused-ring (bicyclic) bond motifs is 2. The maximum atomic E-state index is 5.55. The minimum Gasteiger partial charge on any atom is -0.496 e. The fraction of sp³-hybridized carbons (Fsp3) is 0.304. The van der Waals surface area contributed by atoms with Crippen LogP contribution in [-0.2, 0) is 6.42 Å². The average Bonchev–Trinajstić information content (AvgIpc) is 3.05. The van der Waals surface area contributed by atoms with Crippen molar-refractivity contribution in [3.05, 3.63) is 64.8 Å². The molecule has 3 aromatic rings. The third-order valence-corrected chi connectivity index (χ3v) is 6.42. The molecule has 2 N–H and O–H groups in total. The Morgan fingerprint density at radius 1 is 1.17 bits per heavy atom. The zero-order chi connectivity index (χ0) is 20.5. The number of nitrogens with zero attached hydrogens (tertiary/aromatic N) is 3. The summed E-state index contributed by atoms with van der Waals surface area (Å²) in [5.41, 5.74) is 4.15. The highest BCUT2D eigenvalue weighted by Gasteiger charge is 2.29. The number of hydrogen-bond acceptors (Lipinski definition) is 7. The number of aliphatic imine (C=N–C) groups is 1. The summed E-state index contributed by atoms with van der Waals surface area (Å²) in [6.07, 6.45) is 0.908. The first-order valence-corrected chi connectivity index (χ1v) is 11.1. The molecule has 1 fully saturated rings. The molecule has 7 heteroatoms. The molecule has 30 heavy (non-hydrogen) atoms. The number of rotatable bonds is 3. The van der Waals surface area contributed by atoms with E-state index in [9.17, 15) is 0 Å². The number of aryl methyl sites for hydroxylation is 1. The molecule has 2 aromatic carbocycles. The third kappa shape index (κ3) is 3.66. The lowest BCUT2D eigenvalue weighted by atomic mass is 10.0. The van der Waals surface area contributed by atoms with Gasteiger partial charge in [-0.2, -0.15) is 0 Å². The number of hydrogen-bond donors (Lipinski definition) is 2. The highest BCUT2D eigenvalue weighted by atomic mass is 32.1. The number of benzene rings is 2. The summed E-state index contributed by atoms with van der Waals surface area (Å²) < 4.78 is 5.55. The molecule has 2 aliphatic heterocycles. The number of methoxy groups -OCH3 is 1. The Kier molecular flexibility index (Phi) is 5.14. The smallest absolute Gasteiger partial charge is 0.158 e. The SMILES string of the molecule is COc1ccccc1CC1CN(C2=Nc3ccccc3Nc3sc(C)nc32)CCN1. The second-order valence-corrected chi connectivity index (χ2v) is 8.80. The van der Waals surface area contributed by atoms with Gasteiger partial charge in [-0.3, -0.25) is 0 Å². The van der Waals surface area contributed by atoms with Crippen LogP contribution in [-0.4, -0.2) is 48.5 Å². The van der Waals surface area contributed by atoms with E-state index in [4.69, 9.17) is 14.7 Å². The first-order chi connectivity index (χ1) is 14.7. The van der Waals surface area contributed by atoms with Crippen LogP contribution in [0.2, 0.25) is 0 Å². The van der Waals surface area contributed by atoms with E-state index >= 15 is 0 Å². The Balaban J connectivity index is 1.46. The highest BCUT2D eigenvalue weighted by Crippen LogP contribution is 2.37. The van der Waals surface area contributed by atoms with Crippen LogP contribution in [0.3, 0.4) is 0 Å². The van der Waals surface area contributed by atoms with Gasteiger partial charge < -0.3 is 20.3 Å². The summed E-state index contributed by atoms with van der Waals surface area (Å²) in [4.78, 5) is 12.3. The molecule has 5 rings (SSSR count). The molecule has 0 aliphatic carbocycles. The fourth-order valence-corrected chi connectivity index (χ4v) is 4.97. The largest absolute Gasteiger partial charge is 0.496 e. The number of para-hydroxylation sites is 3. The summed E-state index contributed by atoms with van der Waals surface area (Å²) in [5, 5.41) is 9.32. The van der Waals surface area contributed by atoms with Crippen molar-refractivity contribution >= 4 is 33.5 Å². The zero-order valence-corrected chi connectivity index (χ0v) is 18.0. The van der Waals surface area contributed by atoms with Crippen molar-refractivity contribution in [2.45, 2.75) is 19.4 Å². The summed E-state index contributed by atoms with van der Waals surface area (Å²) in [6.45, 7) is 4.73. The number of aromatic nitrogens is 1. The number of ether oxygens (including phenoxy) is 1. The summed E-state index contributed by atoms with van der Waals surface area (Å²) >= 11 is 1.68. The second-order valence-electron chi connectivity index (χ2n) is 7.60. The number of piperazine rings is 1. The zero-order valence-electron chi connectivity index (χ0n) is 17.2. The maximum Gasteiger partial charge on any atom is 0.158 e. The van der Waals surface area contributed by atoms with Crippen LogP contribution in [0.15, 0.2) is 53.5 Å². The van der Waals surface area contributed by atoms with Gasteiger partial charge >= 0.3 is 0 Å². The predicted molar refractivity (Wildman–Crippen MR) is 123 cm³/mol. The van der Waals surface area contributed by atoms with Crippen LogP contribution >= 0.6 is 11.3 Å². The van der Waals surface area contributed by atoms with E-state index in [0.29, 0.717) is 6.04 Å². The molecule has 2 aliphatic rings. The molecule has 1 atom stereocenters. The van der Waals surface area contributed by atoms with Crippen molar-refractivity contribution in [2.75, 3.05) is 32.1 Å². The molecule has 0 saturated carbocycles. The van der Waals surface area contributed by atoms with Crippen LogP contribution in [0, 0.1) is 6.92 Å². The molecular formula is C23H25N5OS. The lowest BCUT2D eigenvalue weighted by molar-refractivity contribution is 0.288. The van der Waals surface area contributed by atoms with Crippen molar-refractivity contribution < 1.29 is 4.74 Å². The van der Waals surface area contributed by atoms with Crippen LogP contribution in [0.4, 0.5) is 16.4 Å². The Labute approximate surface area is 180 Å². The minimum atomic E-state index is 0.312. The highest BCUT2D eigenvalue weighted by molar-refractivity contribution is 7.16. The topological polar surface area (TPSA) is 61.8 Å². The molecule has 154 valence electrons. The predicted octanol–water partition coefficient (Wildman–Crippen LogP) is 4.11. The molecular weight excluding hydrogens is 394 g/mol. The molecule has 0 bridgehead atoms. The Morgan fingerprint density at radius 2 is 2.00 bits per heavy atom. The van der Waals surface area contributed by atoms with Crippen LogP contribution in [0.5, 0.6) is 5.75 Å². The van der Waals surface area contributed by atoms with Crippen LogP contribution < -0.4 is 15.4 Å². The van der Waals surface area contributed by atoms with Gasteiger partial charge in [-0.05, 0) is 37.1 Å². The number of amidine groups is 1. The Morgan fingerprint density at radius 3 is 2.90 bits per heavy atom. The monoisotopic (exact) mass is 419 g/mol. The number of nitrogens with one attached hydrogen (secondary N) is 2. The molecule has 1 unspecified atom stereocenters. The Hall–Kier alpha value is -2.90. The lowest BCUT2D eigenvalue weighted by Crippen LogP contribution is -2.53. The van der Waals surface area contributed by atoms with E-state index in [1.807, 2.05) is 31.2 Å². The van der Waals surface area contributed by atoms with Gasteiger partial charge in [-0.1, -0.05) is 30.3 Å². The minimum absolute atomic E-state index is 0.312. The molecule has 3 heterocycles.